The van der Waals surface area contributed by atoms with E-state index in [1.165, 1.54) is 15.6 Å². The number of amides is 2. The molecule has 1 aliphatic rings. The summed E-state index contributed by atoms with van der Waals surface area (Å²) in [5, 5.41) is 3.15. The highest BCUT2D eigenvalue weighted by Crippen LogP contribution is 2.29. The molecule has 0 spiro atoms. The largest absolute Gasteiger partial charge is 0.352 e. The third-order valence-corrected chi connectivity index (χ3v) is 10.1. The monoisotopic (exact) mass is 589 g/mol. The maximum atomic E-state index is 14.2. The molecule has 1 N–H and O–H groups in total. The molecule has 3 aromatic rings. The van der Waals surface area contributed by atoms with Crippen LogP contribution in [0.1, 0.15) is 66.8 Å². The Kier molecular flexibility index (Phi) is 10.1. The second-order valence-electron chi connectivity index (χ2n) is 11.6. The first-order valence-corrected chi connectivity index (χ1v) is 16.2. The standard InChI is InChI=1S/C34H43N3O4S/c1-24-14-18-29(19-15-24)22-36(28(5)34(39)35-30-11-7-6-8-12-30)33(38)23-37(32-13-9-10-26(3)27(32)4)42(40,41)31-20-16-25(2)17-21-31/h9-10,13-21,28,30H,6-8,11-12,22-23H2,1-5H3,(H,35,39)/t28-/m1/s1. The van der Waals surface area contributed by atoms with Crippen molar-refractivity contribution in [2.45, 2.75) is 90.2 Å². The fourth-order valence-corrected chi connectivity index (χ4v) is 6.87. The Balaban J connectivity index is 1.70. The van der Waals surface area contributed by atoms with Crippen molar-refractivity contribution in [2.75, 3.05) is 10.8 Å². The second-order valence-corrected chi connectivity index (χ2v) is 13.4. The van der Waals surface area contributed by atoms with Crippen LogP contribution in [0.4, 0.5) is 5.69 Å². The SMILES string of the molecule is Cc1ccc(CN(C(=O)CN(c2cccc(C)c2C)S(=O)(=O)c2ccc(C)cc2)[C@H](C)C(=O)NC2CCCCC2)cc1. The van der Waals surface area contributed by atoms with E-state index in [0.29, 0.717) is 5.69 Å². The maximum Gasteiger partial charge on any atom is 0.264 e. The Bertz CT molecular complexity index is 1490. The minimum atomic E-state index is -4.10. The molecule has 0 aliphatic heterocycles. The number of anilines is 1. The Morgan fingerprint density at radius 1 is 0.857 bits per heavy atom. The van der Waals surface area contributed by atoms with E-state index in [9.17, 15) is 18.0 Å². The molecule has 42 heavy (non-hydrogen) atoms. The summed E-state index contributed by atoms with van der Waals surface area (Å²) in [5.41, 5.74) is 5.02. The van der Waals surface area contributed by atoms with E-state index >= 15 is 0 Å². The van der Waals surface area contributed by atoms with E-state index in [-0.39, 0.29) is 23.4 Å². The number of nitrogens with zero attached hydrogens (tertiary/aromatic N) is 2. The van der Waals surface area contributed by atoms with Gasteiger partial charge in [0.2, 0.25) is 11.8 Å². The highest BCUT2D eigenvalue weighted by atomic mass is 32.2. The van der Waals surface area contributed by atoms with Gasteiger partial charge in [0, 0.05) is 12.6 Å². The molecule has 1 saturated carbocycles. The number of hydrogen-bond acceptors (Lipinski definition) is 4. The predicted molar refractivity (Wildman–Crippen MR) is 168 cm³/mol. The first-order chi connectivity index (χ1) is 20.0. The molecule has 8 heteroatoms. The highest BCUT2D eigenvalue weighted by molar-refractivity contribution is 7.92. The zero-order chi connectivity index (χ0) is 30.4. The lowest BCUT2D eigenvalue weighted by Crippen LogP contribution is -2.53. The number of benzene rings is 3. The lowest BCUT2D eigenvalue weighted by Gasteiger charge is -2.33. The zero-order valence-corrected chi connectivity index (χ0v) is 26.2. The molecule has 1 atom stereocenters. The summed E-state index contributed by atoms with van der Waals surface area (Å²) in [6.45, 7) is 9.13. The number of hydrogen-bond donors (Lipinski definition) is 1. The summed E-state index contributed by atoms with van der Waals surface area (Å²) in [5.74, 6) is -0.666. The molecule has 0 bridgehead atoms. The molecule has 0 heterocycles. The van der Waals surface area contributed by atoms with E-state index in [0.717, 1.165) is 53.5 Å². The summed E-state index contributed by atoms with van der Waals surface area (Å²) in [6, 6.07) is 19.2. The van der Waals surface area contributed by atoms with Crippen molar-refractivity contribution >= 4 is 27.5 Å². The normalized spacial score (nSPS) is 14.7. The summed E-state index contributed by atoms with van der Waals surface area (Å²) in [7, 11) is -4.10. The molecule has 224 valence electrons. The number of sulfonamides is 1. The summed E-state index contributed by atoms with van der Waals surface area (Å²) < 4.78 is 29.4. The van der Waals surface area contributed by atoms with Gasteiger partial charge in [-0.05, 0) is 82.3 Å². The van der Waals surface area contributed by atoms with Crippen molar-refractivity contribution in [3.8, 4) is 0 Å². The minimum absolute atomic E-state index is 0.0957. The smallest absolute Gasteiger partial charge is 0.264 e. The summed E-state index contributed by atoms with van der Waals surface area (Å²) >= 11 is 0. The summed E-state index contributed by atoms with van der Waals surface area (Å²) in [4.78, 5) is 29.3. The molecule has 0 aromatic heterocycles. The third kappa shape index (κ3) is 7.40. The zero-order valence-electron chi connectivity index (χ0n) is 25.4. The van der Waals surface area contributed by atoms with Gasteiger partial charge in [-0.15, -0.1) is 0 Å². The predicted octanol–water partition coefficient (Wildman–Crippen LogP) is 5.98. The molecule has 2 amide bonds. The van der Waals surface area contributed by atoms with Crippen molar-refractivity contribution < 1.29 is 18.0 Å². The van der Waals surface area contributed by atoms with Gasteiger partial charge in [0.1, 0.15) is 12.6 Å². The van der Waals surface area contributed by atoms with E-state index in [1.54, 1.807) is 43.3 Å². The third-order valence-electron chi connectivity index (χ3n) is 8.32. The van der Waals surface area contributed by atoms with Crippen LogP contribution in [0.5, 0.6) is 0 Å². The number of nitrogens with one attached hydrogen (secondary N) is 1. The maximum absolute atomic E-state index is 14.2. The van der Waals surface area contributed by atoms with Crippen molar-refractivity contribution in [1.29, 1.82) is 0 Å². The van der Waals surface area contributed by atoms with Crippen molar-refractivity contribution in [1.82, 2.24) is 10.2 Å². The first-order valence-electron chi connectivity index (χ1n) is 14.8. The van der Waals surface area contributed by atoms with E-state index in [4.69, 9.17) is 0 Å². The number of rotatable bonds is 10. The van der Waals surface area contributed by atoms with E-state index in [2.05, 4.69) is 5.32 Å². The molecule has 7 nitrogen and oxygen atoms in total. The topological polar surface area (TPSA) is 86.8 Å². The number of carbonyl (C=O) groups excluding carboxylic acids is 2. The van der Waals surface area contributed by atoms with E-state index in [1.807, 2.05) is 58.0 Å². The number of carbonyl (C=O) groups is 2. The van der Waals surface area contributed by atoms with Crippen LogP contribution in [-0.2, 0) is 26.2 Å². The van der Waals surface area contributed by atoms with Gasteiger partial charge in [-0.25, -0.2) is 8.42 Å². The molecule has 1 aliphatic carbocycles. The van der Waals surface area contributed by atoms with Crippen molar-refractivity contribution in [3.05, 3.63) is 94.5 Å². The van der Waals surface area contributed by atoms with Gasteiger partial charge in [-0.1, -0.05) is 78.9 Å². The summed E-state index contributed by atoms with van der Waals surface area (Å²) in [6.07, 6.45) is 5.18. The Labute approximate surface area is 251 Å². The van der Waals surface area contributed by atoms with Gasteiger partial charge in [-0.3, -0.25) is 13.9 Å². The fourth-order valence-electron chi connectivity index (χ4n) is 5.40. The Morgan fingerprint density at radius 3 is 2.07 bits per heavy atom. The molecular weight excluding hydrogens is 546 g/mol. The Morgan fingerprint density at radius 2 is 1.45 bits per heavy atom. The molecule has 3 aromatic carbocycles. The van der Waals surface area contributed by atoms with Gasteiger partial charge in [0.25, 0.3) is 10.0 Å². The molecule has 1 fully saturated rings. The first kappa shape index (κ1) is 31.3. The Hall–Kier alpha value is -3.65. The lowest BCUT2D eigenvalue weighted by atomic mass is 9.95. The van der Waals surface area contributed by atoms with E-state index < -0.39 is 28.5 Å². The molecule has 0 radical (unpaired) electrons. The average molecular weight is 590 g/mol. The lowest BCUT2D eigenvalue weighted by molar-refractivity contribution is -0.139. The molecule has 0 saturated heterocycles. The van der Waals surface area contributed by atoms with Gasteiger partial charge in [0.05, 0.1) is 10.6 Å². The fraction of sp³-hybridized carbons (Fsp3) is 0.412. The number of aryl methyl sites for hydroxylation is 3. The average Bonchev–Trinajstić information content (AvgIpc) is 2.97. The van der Waals surface area contributed by atoms with Crippen LogP contribution in [-0.4, -0.2) is 43.8 Å². The second kappa shape index (κ2) is 13.6. The van der Waals surface area contributed by atoms with Crippen LogP contribution >= 0.6 is 0 Å². The van der Waals surface area contributed by atoms with Crippen LogP contribution in [0, 0.1) is 27.7 Å². The molecule has 4 rings (SSSR count). The van der Waals surface area contributed by atoms with Crippen molar-refractivity contribution in [3.63, 3.8) is 0 Å². The van der Waals surface area contributed by atoms with Gasteiger partial charge < -0.3 is 10.2 Å². The van der Waals surface area contributed by atoms with Crippen LogP contribution in [0.15, 0.2) is 71.6 Å². The molecular formula is C34H43N3O4S. The van der Waals surface area contributed by atoms with Crippen LogP contribution in [0.3, 0.4) is 0 Å². The molecule has 0 unspecified atom stereocenters. The highest BCUT2D eigenvalue weighted by Gasteiger charge is 2.34. The van der Waals surface area contributed by atoms with Crippen LogP contribution in [0.25, 0.3) is 0 Å². The van der Waals surface area contributed by atoms with Crippen LogP contribution in [0.2, 0.25) is 0 Å². The van der Waals surface area contributed by atoms with Gasteiger partial charge in [0.15, 0.2) is 0 Å². The quantitative estimate of drug-likeness (QED) is 0.315. The van der Waals surface area contributed by atoms with Gasteiger partial charge >= 0.3 is 0 Å². The minimum Gasteiger partial charge on any atom is -0.352 e. The van der Waals surface area contributed by atoms with Crippen LogP contribution < -0.4 is 9.62 Å². The van der Waals surface area contributed by atoms with Gasteiger partial charge in [-0.2, -0.15) is 0 Å². The van der Waals surface area contributed by atoms with Crippen molar-refractivity contribution in [2.24, 2.45) is 0 Å².